The third kappa shape index (κ3) is 3.90. The molecule has 0 atom stereocenters. The molecule has 0 aromatic heterocycles. The summed E-state index contributed by atoms with van der Waals surface area (Å²) >= 11 is 5.78. The zero-order valence-corrected chi connectivity index (χ0v) is 10.0. The van der Waals surface area contributed by atoms with Crippen molar-refractivity contribution in [3.63, 3.8) is 0 Å². The Labute approximate surface area is 99.8 Å². The van der Waals surface area contributed by atoms with Crippen LogP contribution in [0.25, 0.3) is 0 Å². The summed E-state index contributed by atoms with van der Waals surface area (Å²) in [4.78, 5) is 0. The summed E-state index contributed by atoms with van der Waals surface area (Å²) in [6.07, 6.45) is 0. The normalized spacial score (nSPS) is 12.7. The van der Waals surface area contributed by atoms with E-state index >= 15 is 0 Å². The summed E-state index contributed by atoms with van der Waals surface area (Å²) in [6, 6.07) is 7.40. The predicted octanol–water partition coefficient (Wildman–Crippen LogP) is 2.42. The molecule has 0 fully saturated rings. The van der Waals surface area contributed by atoms with Gasteiger partial charge in [-0.2, -0.15) is 5.10 Å². The molecule has 0 radical (unpaired) electrons. The first-order chi connectivity index (χ1) is 7.63. The van der Waals surface area contributed by atoms with E-state index in [1.165, 1.54) is 0 Å². The second-order valence-corrected chi connectivity index (χ2v) is 3.50. The molecule has 1 aromatic carbocycles. The smallest absolute Gasteiger partial charge is 0.305 e. The maximum absolute atomic E-state index is 5.78. The summed E-state index contributed by atoms with van der Waals surface area (Å²) in [7, 11) is 0. The number of ether oxygens (including phenoxy) is 1. The molecule has 5 heteroatoms. The molecule has 1 rings (SSSR count). The standard InChI is InChI=1S/C11H14ClN3O/c1-3-16-11(13)15-14-8(2)9-4-6-10(12)7-5-9/h4-7H,3H2,1-2H3,(H2,13,15)/b14-8+. The number of hydrogen-bond acceptors (Lipinski definition) is 3. The third-order valence-corrected chi connectivity index (χ3v) is 2.10. The van der Waals surface area contributed by atoms with E-state index in [0.29, 0.717) is 11.6 Å². The predicted molar refractivity (Wildman–Crippen MR) is 66.9 cm³/mol. The summed E-state index contributed by atoms with van der Waals surface area (Å²) in [6.45, 7) is 4.15. The number of amidine groups is 1. The quantitative estimate of drug-likeness (QED) is 0.500. The summed E-state index contributed by atoms with van der Waals surface area (Å²) in [5, 5.41) is 8.38. The van der Waals surface area contributed by atoms with Crippen LogP contribution in [0.1, 0.15) is 19.4 Å². The van der Waals surface area contributed by atoms with E-state index in [4.69, 9.17) is 22.1 Å². The number of halogens is 1. The fourth-order valence-corrected chi connectivity index (χ4v) is 1.18. The van der Waals surface area contributed by atoms with Gasteiger partial charge in [0.25, 0.3) is 0 Å². The van der Waals surface area contributed by atoms with Crippen molar-refractivity contribution in [2.75, 3.05) is 6.61 Å². The molecule has 0 amide bonds. The van der Waals surface area contributed by atoms with Gasteiger partial charge in [0.1, 0.15) is 0 Å². The average Bonchev–Trinajstić information content (AvgIpc) is 2.27. The SMILES string of the molecule is CCO/C(N)=N/N=C(\C)c1ccc(Cl)cc1. The molecule has 0 bridgehead atoms. The van der Waals surface area contributed by atoms with Crippen molar-refractivity contribution in [3.8, 4) is 0 Å². The summed E-state index contributed by atoms with van der Waals surface area (Å²) in [5.41, 5.74) is 7.13. The molecule has 1 aromatic rings. The van der Waals surface area contributed by atoms with Crippen LogP contribution in [0, 0.1) is 0 Å². The third-order valence-electron chi connectivity index (χ3n) is 1.85. The van der Waals surface area contributed by atoms with Gasteiger partial charge in [0, 0.05) is 5.02 Å². The lowest BCUT2D eigenvalue weighted by Gasteiger charge is -2.00. The van der Waals surface area contributed by atoms with Crippen molar-refractivity contribution < 1.29 is 4.74 Å². The topological polar surface area (TPSA) is 60.0 Å². The molecule has 0 heterocycles. The van der Waals surface area contributed by atoms with Gasteiger partial charge in [0.05, 0.1) is 12.3 Å². The molecule has 16 heavy (non-hydrogen) atoms. The highest BCUT2D eigenvalue weighted by Crippen LogP contribution is 2.10. The Morgan fingerprint density at radius 3 is 2.50 bits per heavy atom. The van der Waals surface area contributed by atoms with Crippen LogP contribution >= 0.6 is 11.6 Å². The van der Waals surface area contributed by atoms with Crippen molar-refractivity contribution in [2.24, 2.45) is 15.9 Å². The lowest BCUT2D eigenvalue weighted by atomic mass is 10.1. The number of benzene rings is 1. The monoisotopic (exact) mass is 239 g/mol. The van der Waals surface area contributed by atoms with Crippen LogP contribution < -0.4 is 5.73 Å². The van der Waals surface area contributed by atoms with Gasteiger partial charge in [-0.25, -0.2) is 0 Å². The van der Waals surface area contributed by atoms with Crippen LogP contribution in [0.4, 0.5) is 0 Å². The van der Waals surface area contributed by atoms with Crippen LogP contribution in [0.15, 0.2) is 34.5 Å². The van der Waals surface area contributed by atoms with Crippen molar-refractivity contribution in [2.45, 2.75) is 13.8 Å². The Morgan fingerprint density at radius 2 is 1.94 bits per heavy atom. The highest BCUT2D eigenvalue weighted by Gasteiger charge is 1.97. The minimum absolute atomic E-state index is 0.0656. The van der Waals surface area contributed by atoms with Gasteiger partial charge in [-0.05, 0) is 31.5 Å². The van der Waals surface area contributed by atoms with E-state index in [0.717, 1.165) is 11.3 Å². The molecule has 2 N–H and O–H groups in total. The van der Waals surface area contributed by atoms with Gasteiger partial charge in [0.15, 0.2) is 0 Å². The second kappa shape index (κ2) is 6.12. The Kier molecular flexibility index (Phi) is 4.79. The summed E-state index contributed by atoms with van der Waals surface area (Å²) in [5.74, 6) is 0. The zero-order valence-electron chi connectivity index (χ0n) is 9.27. The lowest BCUT2D eigenvalue weighted by Crippen LogP contribution is -2.15. The lowest BCUT2D eigenvalue weighted by molar-refractivity contribution is 0.320. The van der Waals surface area contributed by atoms with E-state index in [-0.39, 0.29) is 6.02 Å². The van der Waals surface area contributed by atoms with Gasteiger partial charge in [0.2, 0.25) is 0 Å². The second-order valence-electron chi connectivity index (χ2n) is 3.06. The van der Waals surface area contributed by atoms with E-state index in [9.17, 15) is 0 Å². The van der Waals surface area contributed by atoms with E-state index < -0.39 is 0 Å². The van der Waals surface area contributed by atoms with Crippen LogP contribution in [-0.4, -0.2) is 18.3 Å². The number of nitrogens with two attached hydrogens (primary N) is 1. The largest absolute Gasteiger partial charge is 0.464 e. The molecule has 0 saturated heterocycles. The van der Waals surface area contributed by atoms with Crippen molar-refractivity contribution in [1.29, 1.82) is 0 Å². The van der Waals surface area contributed by atoms with Gasteiger partial charge in [-0.1, -0.05) is 28.8 Å². The Balaban J connectivity index is 2.77. The number of hydrogen-bond donors (Lipinski definition) is 1. The fourth-order valence-electron chi connectivity index (χ4n) is 1.05. The van der Waals surface area contributed by atoms with Gasteiger partial charge >= 0.3 is 6.02 Å². The van der Waals surface area contributed by atoms with Gasteiger partial charge in [-0.15, -0.1) is 0 Å². The van der Waals surface area contributed by atoms with Crippen molar-refractivity contribution in [3.05, 3.63) is 34.9 Å². The molecular formula is C11H14ClN3O. The average molecular weight is 240 g/mol. The Morgan fingerprint density at radius 1 is 1.31 bits per heavy atom. The Bertz CT molecular complexity index is 398. The van der Waals surface area contributed by atoms with Crippen LogP contribution in [0.2, 0.25) is 5.02 Å². The van der Waals surface area contributed by atoms with Crippen molar-refractivity contribution in [1.82, 2.24) is 0 Å². The van der Waals surface area contributed by atoms with E-state index in [2.05, 4.69) is 10.2 Å². The highest BCUT2D eigenvalue weighted by molar-refractivity contribution is 6.30. The molecule has 0 aliphatic rings. The molecule has 86 valence electrons. The molecule has 0 unspecified atom stereocenters. The first-order valence-corrected chi connectivity index (χ1v) is 5.27. The maximum Gasteiger partial charge on any atom is 0.305 e. The highest BCUT2D eigenvalue weighted by atomic mass is 35.5. The van der Waals surface area contributed by atoms with E-state index in [1.807, 2.05) is 26.0 Å². The summed E-state index contributed by atoms with van der Waals surface area (Å²) < 4.78 is 4.95. The fraction of sp³-hybridized carbons (Fsp3) is 0.273. The van der Waals surface area contributed by atoms with Gasteiger partial charge in [-0.3, -0.25) is 0 Å². The van der Waals surface area contributed by atoms with E-state index in [1.54, 1.807) is 12.1 Å². The first-order valence-electron chi connectivity index (χ1n) is 4.90. The molecule has 0 aliphatic heterocycles. The minimum Gasteiger partial charge on any atom is -0.464 e. The first kappa shape index (κ1) is 12.5. The molecule has 0 spiro atoms. The minimum atomic E-state index is 0.0656. The molecular weight excluding hydrogens is 226 g/mol. The molecule has 0 saturated carbocycles. The van der Waals surface area contributed by atoms with Crippen LogP contribution in [-0.2, 0) is 4.74 Å². The molecule has 4 nitrogen and oxygen atoms in total. The Hall–Kier alpha value is -1.55. The molecule has 0 aliphatic carbocycles. The van der Waals surface area contributed by atoms with Gasteiger partial charge < -0.3 is 10.5 Å². The number of nitrogens with zero attached hydrogens (tertiary/aromatic N) is 2. The maximum atomic E-state index is 5.78. The number of rotatable bonds is 3. The van der Waals surface area contributed by atoms with Crippen molar-refractivity contribution >= 4 is 23.3 Å². The zero-order chi connectivity index (χ0) is 12.0. The van der Waals surface area contributed by atoms with Crippen LogP contribution in [0.3, 0.4) is 0 Å². The van der Waals surface area contributed by atoms with Crippen LogP contribution in [0.5, 0.6) is 0 Å².